The molecule has 0 radical (unpaired) electrons. The maximum absolute atomic E-state index is 13.2. The van der Waals surface area contributed by atoms with Crippen LogP contribution in [-0.2, 0) is 19.0 Å². The number of nitrogens with zero attached hydrogens (tertiary/aromatic N) is 4. The van der Waals surface area contributed by atoms with Crippen molar-refractivity contribution in [1.82, 2.24) is 20.4 Å². The summed E-state index contributed by atoms with van der Waals surface area (Å²) in [6.07, 6.45) is -6.59. The summed E-state index contributed by atoms with van der Waals surface area (Å²) in [4.78, 5) is 0. The third kappa shape index (κ3) is 6.06. The molecule has 14 heteroatoms. The smallest absolute Gasteiger partial charge is 0.406 e. The van der Waals surface area contributed by atoms with Crippen LogP contribution in [0, 0.1) is 0 Å². The van der Waals surface area contributed by atoms with Crippen LogP contribution in [0.3, 0.4) is 0 Å². The average Bonchev–Trinajstić information content (AvgIpc) is 3.32. The lowest BCUT2D eigenvalue weighted by molar-refractivity contribution is -0.274. The molecule has 0 aliphatic heterocycles. The summed E-state index contributed by atoms with van der Waals surface area (Å²) in [6.45, 7) is 0. The number of benzene rings is 3. The molecule has 0 amide bonds. The Labute approximate surface area is 228 Å². The van der Waals surface area contributed by atoms with E-state index in [1.165, 1.54) is 48.7 Å². The Bertz CT molecular complexity index is 1580. The molecular formula is C26H18F6N6OS. The van der Waals surface area contributed by atoms with E-state index in [9.17, 15) is 26.3 Å². The summed E-state index contributed by atoms with van der Waals surface area (Å²) in [5.41, 5.74) is 6.07. The van der Waals surface area contributed by atoms with E-state index in [2.05, 4.69) is 30.9 Å². The van der Waals surface area contributed by atoms with Gasteiger partial charge in [-0.05, 0) is 78.7 Å². The van der Waals surface area contributed by atoms with Crippen LogP contribution in [0.25, 0.3) is 16.9 Å². The molecule has 1 aromatic heterocycles. The minimum absolute atomic E-state index is 0.106. The van der Waals surface area contributed by atoms with Gasteiger partial charge in [0.1, 0.15) is 11.4 Å². The Kier molecular flexibility index (Phi) is 7.19. The van der Waals surface area contributed by atoms with E-state index in [1.807, 2.05) is 12.1 Å². The van der Waals surface area contributed by atoms with Gasteiger partial charge in [-0.1, -0.05) is 29.5 Å². The maximum Gasteiger partial charge on any atom is 0.573 e. The molecule has 0 atom stereocenters. The molecule has 0 saturated carbocycles. The van der Waals surface area contributed by atoms with Crippen molar-refractivity contribution in [3.05, 3.63) is 89.1 Å². The number of hydrogen-bond acceptors (Lipinski definition) is 5. The lowest BCUT2D eigenvalue weighted by Crippen LogP contribution is -2.25. The number of nitrogens with one attached hydrogen (secondary N) is 2. The fraction of sp³-hybridized carbons (Fsp3) is 0.154. The molecular weight excluding hydrogens is 558 g/mol. The number of thiocarbonyl (C=S) groups is 1. The molecule has 4 aromatic rings. The number of hydrogen-bond donors (Lipinski definition) is 2. The van der Waals surface area contributed by atoms with Crippen molar-refractivity contribution in [3.63, 3.8) is 0 Å². The van der Waals surface area contributed by atoms with Crippen molar-refractivity contribution in [2.75, 3.05) is 5.32 Å². The third-order valence-electron chi connectivity index (χ3n) is 5.95. The lowest BCUT2D eigenvalue weighted by atomic mass is 9.91. The molecule has 206 valence electrons. The average molecular weight is 577 g/mol. The van der Waals surface area contributed by atoms with Crippen LogP contribution >= 0.6 is 12.2 Å². The van der Waals surface area contributed by atoms with E-state index in [-0.39, 0.29) is 16.5 Å². The first kappa shape index (κ1) is 27.1. The maximum atomic E-state index is 13.2. The molecule has 0 saturated heterocycles. The van der Waals surface area contributed by atoms with E-state index in [0.717, 1.165) is 28.5 Å². The first-order chi connectivity index (χ1) is 19.0. The zero-order chi connectivity index (χ0) is 28.5. The number of fused-ring (bicyclic) bond motifs is 3. The lowest BCUT2D eigenvalue weighted by Gasteiger charge is -2.17. The van der Waals surface area contributed by atoms with Gasteiger partial charge < -0.3 is 10.1 Å². The highest BCUT2D eigenvalue weighted by Gasteiger charge is 2.33. The number of halogens is 6. The number of anilines is 1. The third-order valence-corrected chi connectivity index (χ3v) is 6.15. The van der Waals surface area contributed by atoms with Gasteiger partial charge in [0, 0.05) is 5.56 Å². The van der Waals surface area contributed by atoms with Gasteiger partial charge in [0.05, 0.1) is 28.8 Å². The molecule has 5 rings (SSSR count). The zero-order valence-corrected chi connectivity index (χ0v) is 21.0. The highest BCUT2D eigenvalue weighted by molar-refractivity contribution is 7.80. The predicted molar refractivity (Wildman–Crippen MR) is 139 cm³/mol. The normalized spacial score (nSPS) is 13.1. The van der Waals surface area contributed by atoms with Crippen molar-refractivity contribution in [2.45, 2.75) is 25.4 Å². The summed E-state index contributed by atoms with van der Waals surface area (Å²) in [7, 11) is 0. The number of alkyl halides is 6. The fourth-order valence-corrected chi connectivity index (χ4v) is 4.43. The van der Waals surface area contributed by atoms with Gasteiger partial charge in [0.15, 0.2) is 5.11 Å². The molecule has 40 heavy (non-hydrogen) atoms. The second kappa shape index (κ2) is 10.6. The Morgan fingerprint density at radius 3 is 2.45 bits per heavy atom. The van der Waals surface area contributed by atoms with Crippen LogP contribution < -0.4 is 15.5 Å². The van der Waals surface area contributed by atoms with Crippen molar-refractivity contribution in [2.24, 2.45) is 5.10 Å². The van der Waals surface area contributed by atoms with Crippen molar-refractivity contribution in [1.29, 1.82) is 0 Å². The molecule has 2 N–H and O–H groups in total. The standard InChI is InChI=1S/C26H18F6N6OS/c27-25(28,29)20-3-1-2-4-21(20)34-24(40)36-33-14-15-5-11-19-16(13-15)6-12-22-23(19)35-37-38(22)17-7-9-18(10-8-17)39-26(30,31)32/h1-5,7-11,13-14H,6,12H2,(H2,34,36,40)/b33-14+. The highest BCUT2D eigenvalue weighted by atomic mass is 32.1. The van der Waals surface area contributed by atoms with E-state index in [1.54, 1.807) is 10.7 Å². The Balaban J connectivity index is 1.26. The number of para-hydroxylation sites is 1. The van der Waals surface area contributed by atoms with Gasteiger partial charge in [-0.2, -0.15) is 18.3 Å². The van der Waals surface area contributed by atoms with E-state index in [4.69, 9.17) is 12.2 Å². The minimum Gasteiger partial charge on any atom is -0.406 e. The molecule has 1 heterocycles. The quantitative estimate of drug-likeness (QED) is 0.126. The van der Waals surface area contributed by atoms with Crippen molar-refractivity contribution in [3.8, 4) is 22.7 Å². The van der Waals surface area contributed by atoms with Gasteiger partial charge in [0.25, 0.3) is 0 Å². The molecule has 0 fully saturated rings. The molecule has 0 spiro atoms. The number of ether oxygens (including phenoxy) is 1. The summed E-state index contributed by atoms with van der Waals surface area (Å²) < 4.78 is 82.3. The summed E-state index contributed by atoms with van der Waals surface area (Å²) in [5.74, 6) is -0.332. The van der Waals surface area contributed by atoms with Crippen LogP contribution in [0.15, 0.2) is 71.8 Å². The van der Waals surface area contributed by atoms with Crippen molar-refractivity contribution >= 4 is 29.2 Å². The van der Waals surface area contributed by atoms with Gasteiger partial charge in [-0.25, -0.2) is 4.68 Å². The summed E-state index contributed by atoms with van der Waals surface area (Å²) in [6, 6.07) is 15.9. The topological polar surface area (TPSA) is 76.4 Å². The summed E-state index contributed by atoms with van der Waals surface area (Å²) in [5, 5.41) is 14.9. The van der Waals surface area contributed by atoms with Gasteiger partial charge >= 0.3 is 12.5 Å². The summed E-state index contributed by atoms with van der Waals surface area (Å²) >= 11 is 5.07. The minimum atomic E-state index is -4.77. The molecule has 1 aliphatic carbocycles. The Morgan fingerprint density at radius 2 is 1.73 bits per heavy atom. The number of aryl methyl sites for hydroxylation is 1. The van der Waals surface area contributed by atoms with Gasteiger partial charge in [-0.3, -0.25) is 5.43 Å². The Hall–Kier alpha value is -4.46. The van der Waals surface area contributed by atoms with Gasteiger partial charge in [-0.15, -0.1) is 18.3 Å². The van der Waals surface area contributed by atoms with Crippen LogP contribution in [0.1, 0.15) is 22.4 Å². The zero-order valence-electron chi connectivity index (χ0n) is 20.2. The van der Waals surface area contributed by atoms with Crippen LogP contribution in [-0.4, -0.2) is 32.7 Å². The van der Waals surface area contributed by atoms with Crippen LogP contribution in [0.4, 0.5) is 32.0 Å². The molecule has 0 unspecified atom stereocenters. The first-order valence-corrected chi connectivity index (χ1v) is 12.1. The first-order valence-electron chi connectivity index (χ1n) is 11.7. The van der Waals surface area contributed by atoms with Crippen LogP contribution in [0.2, 0.25) is 0 Å². The predicted octanol–water partition coefficient (Wildman–Crippen LogP) is 6.27. The SMILES string of the molecule is FC(F)(F)Oc1ccc(-n2nnc3c2CCc2cc(/C=N/NC(=S)Nc4ccccc4C(F)(F)F)ccc2-3)cc1. The molecule has 0 bridgehead atoms. The van der Waals surface area contributed by atoms with E-state index >= 15 is 0 Å². The molecule has 7 nitrogen and oxygen atoms in total. The second-order valence-corrected chi connectivity index (χ2v) is 9.03. The fourth-order valence-electron chi connectivity index (χ4n) is 4.27. The van der Waals surface area contributed by atoms with E-state index < -0.39 is 18.1 Å². The highest BCUT2D eigenvalue weighted by Crippen LogP contribution is 2.35. The van der Waals surface area contributed by atoms with E-state index in [0.29, 0.717) is 24.2 Å². The van der Waals surface area contributed by atoms with Gasteiger partial charge in [0.2, 0.25) is 0 Å². The van der Waals surface area contributed by atoms with Crippen LogP contribution in [0.5, 0.6) is 5.75 Å². The second-order valence-electron chi connectivity index (χ2n) is 8.62. The molecule has 3 aromatic carbocycles. The van der Waals surface area contributed by atoms with Crippen molar-refractivity contribution < 1.29 is 31.1 Å². The monoisotopic (exact) mass is 576 g/mol. The number of aromatic nitrogens is 3. The number of rotatable bonds is 5. The largest absolute Gasteiger partial charge is 0.573 e. The molecule has 1 aliphatic rings. The number of hydrazone groups is 1. The Morgan fingerprint density at radius 1 is 0.975 bits per heavy atom.